The number of benzene rings is 2. The van der Waals surface area contributed by atoms with Crippen molar-refractivity contribution >= 4 is 10.0 Å². The molecule has 0 saturated carbocycles. The van der Waals surface area contributed by atoms with Crippen LogP contribution >= 0.6 is 0 Å². The van der Waals surface area contributed by atoms with E-state index in [1.165, 1.54) is 0 Å². The van der Waals surface area contributed by atoms with Gasteiger partial charge in [0.05, 0.1) is 12.0 Å². The highest BCUT2D eigenvalue weighted by Gasteiger charge is 2.21. The van der Waals surface area contributed by atoms with E-state index in [0.717, 1.165) is 16.9 Å². The van der Waals surface area contributed by atoms with Crippen LogP contribution < -0.4 is 9.46 Å². The Morgan fingerprint density at radius 3 is 2.28 bits per heavy atom. The third-order valence-electron chi connectivity index (χ3n) is 4.39. The molecule has 2 aromatic carbocycles. The average Bonchev–Trinajstić information content (AvgIpc) is 2.59. The van der Waals surface area contributed by atoms with Crippen molar-refractivity contribution in [2.45, 2.75) is 44.4 Å². The molecule has 0 spiro atoms. The van der Waals surface area contributed by atoms with Crippen LogP contribution in [0.5, 0.6) is 5.75 Å². The summed E-state index contributed by atoms with van der Waals surface area (Å²) in [6.07, 6.45) is 0. The van der Waals surface area contributed by atoms with Crippen LogP contribution in [0, 0.1) is 6.92 Å². The molecule has 0 saturated heterocycles. The van der Waals surface area contributed by atoms with Gasteiger partial charge in [-0.3, -0.25) is 0 Å². The second kappa shape index (κ2) is 8.02. The minimum absolute atomic E-state index is 0.0964. The van der Waals surface area contributed by atoms with E-state index in [9.17, 15) is 8.42 Å². The molecule has 1 N–H and O–H groups in total. The van der Waals surface area contributed by atoms with Gasteiger partial charge in [0.1, 0.15) is 5.75 Å². The fourth-order valence-corrected chi connectivity index (χ4v) is 4.20. The van der Waals surface area contributed by atoms with E-state index in [0.29, 0.717) is 17.0 Å². The maximum Gasteiger partial charge on any atom is 0.240 e. The summed E-state index contributed by atoms with van der Waals surface area (Å²) in [6.45, 7) is 8.21. The van der Waals surface area contributed by atoms with Crippen LogP contribution in [0.2, 0.25) is 0 Å². The highest BCUT2D eigenvalue weighted by Crippen LogP contribution is 2.31. The Labute approximate surface area is 151 Å². The third-order valence-corrected chi connectivity index (χ3v) is 5.95. The molecule has 25 heavy (non-hydrogen) atoms. The Balaban J connectivity index is 2.26. The number of sulfonamides is 1. The Hall–Kier alpha value is -1.85. The molecule has 0 unspecified atom stereocenters. The summed E-state index contributed by atoms with van der Waals surface area (Å²) in [6, 6.07) is 13.4. The minimum Gasteiger partial charge on any atom is -0.496 e. The van der Waals surface area contributed by atoms with Gasteiger partial charge in [-0.15, -0.1) is 0 Å². The monoisotopic (exact) mass is 361 g/mol. The number of ether oxygens (including phenoxy) is 1. The van der Waals surface area contributed by atoms with Crippen molar-refractivity contribution in [3.05, 3.63) is 59.2 Å². The first-order chi connectivity index (χ1) is 11.8. The maximum absolute atomic E-state index is 12.8. The van der Waals surface area contributed by atoms with Crippen molar-refractivity contribution in [2.24, 2.45) is 0 Å². The lowest BCUT2D eigenvalue weighted by molar-refractivity contribution is 0.406. The molecule has 0 heterocycles. The minimum atomic E-state index is -3.58. The Morgan fingerprint density at radius 2 is 1.72 bits per heavy atom. The van der Waals surface area contributed by atoms with Gasteiger partial charge in [-0.1, -0.05) is 51.1 Å². The molecule has 0 aliphatic rings. The fraction of sp³-hybridized carbons (Fsp3) is 0.400. The molecule has 0 bridgehead atoms. The van der Waals surface area contributed by atoms with E-state index < -0.39 is 10.0 Å². The first kappa shape index (κ1) is 19.5. The molecule has 2 rings (SSSR count). The zero-order valence-corrected chi connectivity index (χ0v) is 16.4. The molecular formula is C20H27NO3S. The zero-order chi connectivity index (χ0) is 18.6. The molecule has 0 aliphatic carbocycles. The highest BCUT2D eigenvalue weighted by molar-refractivity contribution is 7.89. The van der Waals surface area contributed by atoms with E-state index in [1.54, 1.807) is 26.2 Å². The first-order valence-corrected chi connectivity index (χ1v) is 9.97. The molecule has 0 aromatic heterocycles. The highest BCUT2D eigenvalue weighted by atomic mass is 32.2. The van der Waals surface area contributed by atoms with Gasteiger partial charge in [-0.2, -0.15) is 0 Å². The number of hydrogen-bond acceptors (Lipinski definition) is 3. The number of hydrogen-bond donors (Lipinski definition) is 1. The summed E-state index contributed by atoms with van der Waals surface area (Å²) in [4.78, 5) is 0.317. The molecule has 0 aliphatic heterocycles. The molecular weight excluding hydrogens is 334 g/mol. The van der Waals surface area contributed by atoms with Gasteiger partial charge in [0.25, 0.3) is 0 Å². The second-order valence-electron chi connectivity index (χ2n) is 6.68. The average molecular weight is 362 g/mol. The lowest BCUT2D eigenvalue weighted by Gasteiger charge is -2.18. The summed E-state index contributed by atoms with van der Waals surface area (Å²) in [5, 5.41) is 0. The van der Waals surface area contributed by atoms with Gasteiger partial charge in [0.15, 0.2) is 0 Å². The number of rotatable bonds is 7. The zero-order valence-electron chi connectivity index (χ0n) is 15.5. The van der Waals surface area contributed by atoms with E-state index in [1.807, 2.05) is 51.1 Å². The summed E-state index contributed by atoms with van der Waals surface area (Å²) in [7, 11) is -1.97. The topological polar surface area (TPSA) is 55.4 Å². The van der Waals surface area contributed by atoms with Crippen LogP contribution in [-0.4, -0.2) is 22.1 Å². The number of aryl methyl sites for hydroxylation is 1. The van der Waals surface area contributed by atoms with Crippen LogP contribution in [0.1, 0.15) is 49.3 Å². The summed E-state index contributed by atoms with van der Waals surface area (Å²) >= 11 is 0. The third kappa shape index (κ3) is 4.61. The van der Waals surface area contributed by atoms with Gasteiger partial charge in [0, 0.05) is 6.54 Å². The molecule has 4 nitrogen and oxygen atoms in total. The summed E-state index contributed by atoms with van der Waals surface area (Å²) in [5.74, 6) is 0.996. The van der Waals surface area contributed by atoms with Crippen molar-refractivity contribution in [1.82, 2.24) is 4.72 Å². The second-order valence-corrected chi connectivity index (χ2v) is 8.41. The van der Waals surface area contributed by atoms with Gasteiger partial charge in [-0.05, 0) is 47.6 Å². The van der Waals surface area contributed by atoms with Gasteiger partial charge in [-0.25, -0.2) is 13.1 Å². The van der Waals surface area contributed by atoms with E-state index in [4.69, 9.17) is 4.74 Å². The largest absolute Gasteiger partial charge is 0.496 e. The van der Waals surface area contributed by atoms with E-state index in [-0.39, 0.29) is 11.8 Å². The van der Waals surface area contributed by atoms with Crippen molar-refractivity contribution in [2.75, 3.05) is 13.7 Å². The lowest BCUT2D eigenvalue weighted by atomic mass is 10.0. The van der Waals surface area contributed by atoms with Crippen LogP contribution in [-0.2, 0) is 10.0 Å². The molecule has 0 fully saturated rings. The smallest absolute Gasteiger partial charge is 0.240 e. The van der Waals surface area contributed by atoms with Gasteiger partial charge >= 0.3 is 0 Å². The van der Waals surface area contributed by atoms with Crippen molar-refractivity contribution in [3.63, 3.8) is 0 Å². The van der Waals surface area contributed by atoms with Crippen molar-refractivity contribution < 1.29 is 13.2 Å². The number of methoxy groups -OCH3 is 1. The van der Waals surface area contributed by atoms with E-state index >= 15 is 0 Å². The van der Waals surface area contributed by atoms with Crippen molar-refractivity contribution in [3.8, 4) is 5.75 Å². The fourth-order valence-electron chi connectivity index (χ4n) is 2.81. The van der Waals surface area contributed by atoms with Crippen LogP contribution in [0.25, 0.3) is 0 Å². The Morgan fingerprint density at radius 1 is 1.08 bits per heavy atom. The molecule has 2 aromatic rings. The van der Waals surface area contributed by atoms with Crippen LogP contribution in [0.4, 0.5) is 0 Å². The number of nitrogens with one attached hydrogen (secondary N) is 1. The first-order valence-electron chi connectivity index (χ1n) is 8.49. The van der Waals surface area contributed by atoms with Crippen LogP contribution in [0.15, 0.2) is 47.4 Å². The predicted octanol–water partition coefficient (Wildman–Crippen LogP) is 4.21. The summed E-state index contributed by atoms with van der Waals surface area (Å²) in [5.41, 5.74) is 2.69. The van der Waals surface area contributed by atoms with Crippen LogP contribution in [0.3, 0.4) is 0 Å². The molecule has 1 atom stereocenters. The van der Waals surface area contributed by atoms with Gasteiger partial charge in [0.2, 0.25) is 10.0 Å². The molecule has 5 heteroatoms. The molecule has 0 radical (unpaired) electrons. The Kier molecular flexibility index (Phi) is 6.25. The standard InChI is InChI=1S/C20H27NO3S/c1-14(2)18-12-20(15(3)11-19(18)24-5)25(22,23)21-13-16(4)17-9-7-6-8-10-17/h6-12,14,16,21H,13H2,1-5H3/t16-/m1/s1. The van der Waals surface area contributed by atoms with E-state index in [2.05, 4.69) is 4.72 Å². The lowest BCUT2D eigenvalue weighted by Crippen LogP contribution is -2.28. The van der Waals surface area contributed by atoms with Gasteiger partial charge < -0.3 is 4.74 Å². The quantitative estimate of drug-likeness (QED) is 0.804. The maximum atomic E-state index is 12.8. The van der Waals surface area contributed by atoms with Crippen molar-refractivity contribution in [1.29, 1.82) is 0 Å². The molecule has 136 valence electrons. The normalized spacial score (nSPS) is 13.0. The molecule has 0 amide bonds. The predicted molar refractivity (Wildman–Crippen MR) is 102 cm³/mol. The SMILES string of the molecule is COc1cc(C)c(S(=O)(=O)NC[C@@H](C)c2ccccc2)cc1C(C)C. The summed E-state index contributed by atoms with van der Waals surface area (Å²) < 4.78 is 33.8. The Bertz CT molecular complexity index is 814.